The lowest BCUT2D eigenvalue weighted by molar-refractivity contribution is -0.138. The fraction of sp³-hybridized carbons (Fsp3) is 0.238. The van der Waals surface area contributed by atoms with E-state index in [0.717, 1.165) is 33.9 Å². The Bertz CT molecular complexity index is 988. The maximum atomic E-state index is 13.0. The predicted octanol–water partition coefficient (Wildman–Crippen LogP) is 3.88. The average Bonchev–Trinajstić information content (AvgIpc) is 3.31. The monoisotopic (exact) mass is 380 g/mol. The maximum absolute atomic E-state index is 13.0. The van der Waals surface area contributed by atoms with Crippen LogP contribution in [-0.2, 0) is 24.2 Å². The van der Waals surface area contributed by atoms with E-state index in [4.69, 9.17) is 20.9 Å². The van der Waals surface area contributed by atoms with E-state index in [2.05, 4.69) is 5.16 Å². The second-order valence-electron chi connectivity index (χ2n) is 6.87. The van der Waals surface area contributed by atoms with E-state index in [0.29, 0.717) is 31.0 Å². The first-order valence-corrected chi connectivity index (χ1v) is 9.33. The Balaban J connectivity index is 1.37. The summed E-state index contributed by atoms with van der Waals surface area (Å²) in [7, 11) is 0. The summed E-state index contributed by atoms with van der Waals surface area (Å²) < 4.78 is 11.4. The normalized spacial score (nSPS) is 18.0. The number of amides is 1. The Morgan fingerprint density at radius 1 is 1.15 bits per heavy atom. The van der Waals surface area contributed by atoms with E-state index in [-0.39, 0.29) is 5.91 Å². The van der Waals surface area contributed by atoms with Crippen molar-refractivity contribution in [1.29, 1.82) is 0 Å². The van der Waals surface area contributed by atoms with Crippen LogP contribution >= 0.6 is 11.6 Å². The summed E-state index contributed by atoms with van der Waals surface area (Å²) in [4.78, 5) is 14.9. The van der Waals surface area contributed by atoms with Crippen LogP contribution in [0.25, 0.3) is 11.3 Å². The van der Waals surface area contributed by atoms with Gasteiger partial charge in [-0.05, 0) is 23.8 Å². The Morgan fingerprint density at radius 3 is 2.78 bits per heavy atom. The Morgan fingerprint density at radius 2 is 1.96 bits per heavy atom. The molecule has 27 heavy (non-hydrogen) atoms. The zero-order valence-corrected chi connectivity index (χ0v) is 15.3. The van der Waals surface area contributed by atoms with Gasteiger partial charge in [0.25, 0.3) is 5.91 Å². The molecule has 1 amide bonds. The number of hydrogen-bond donors (Lipinski definition) is 0. The molecule has 0 fully saturated rings. The predicted molar refractivity (Wildman–Crippen MR) is 101 cm³/mol. The van der Waals surface area contributed by atoms with Gasteiger partial charge in [0.2, 0.25) is 0 Å². The largest absolute Gasteiger partial charge is 0.480 e. The van der Waals surface area contributed by atoms with Crippen LogP contribution in [0, 0.1) is 0 Å². The topological polar surface area (TPSA) is 55.6 Å². The Labute approximate surface area is 161 Å². The van der Waals surface area contributed by atoms with E-state index in [1.807, 2.05) is 53.4 Å². The first-order chi connectivity index (χ1) is 13.2. The average molecular weight is 381 g/mol. The van der Waals surface area contributed by atoms with E-state index in [1.54, 1.807) is 0 Å². The van der Waals surface area contributed by atoms with Gasteiger partial charge in [0.05, 0.1) is 6.54 Å². The summed E-state index contributed by atoms with van der Waals surface area (Å²) in [6, 6.07) is 15.3. The highest BCUT2D eigenvalue weighted by atomic mass is 35.5. The van der Waals surface area contributed by atoms with Crippen molar-refractivity contribution in [1.82, 2.24) is 10.1 Å². The number of para-hydroxylation sites is 1. The summed E-state index contributed by atoms with van der Waals surface area (Å²) in [6.07, 6.45) is 0.815. The van der Waals surface area contributed by atoms with Crippen molar-refractivity contribution in [3.05, 3.63) is 70.4 Å². The van der Waals surface area contributed by atoms with E-state index < -0.39 is 6.10 Å². The third-order valence-corrected chi connectivity index (χ3v) is 5.43. The molecule has 5 nitrogen and oxygen atoms in total. The van der Waals surface area contributed by atoms with Crippen LogP contribution in [0.3, 0.4) is 0 Å². The number of carbonyl (C=O) groups excluding carboxylic acids is 1. The van der Waals surface area contributed by atoms with Crippen LogP contribution in [0.2, 0.25) is 5.02 Å². The molecule has 1 atom stereocenters. The Hall–Kier alpha value is -2.79. The molecule has 0 aliphatic carbocycles. The van der Waals surface area contributed by atoms with Gasteiger partial charge in [0, 0.05) is 35.5 Å². The fourth-order valence-electron chi connectivity index (χ4n) is 3.76. The molecule has 0 saturated heterocycles. The molecule has 136 valence electrons. The van der Waals surface area contributed by atoms with Crippen molar-refractivity contribution in [2.45, 2.75) is 25.5 Å². The number of aromatic nitrogens is 1. The summed E-state index contributed by atoms with van der Waals surface area (Å²) in [5.74, 6) is 1.67. The third-order valence-electron chi connectivity index (χ3n) is 5.18. The summed E-state index contributed by atoms with van der Waals surface area (Å²) in [6.45, 7) is 1.09. The molecular formula is C21H17ClN2O3. The molecule has 2 aliphatic rings. The van der Waals surface area contributed by atoms with Crippen LogP contribution in [0.5, 0.6) is 5.75 Å². The fourth-order valence-corrected chi connectivity index (χ4v) is 3.88. The van der Waals surface area contributed by atoms with Crippen LogP contribution in [-0.4, -0.2) is 28.6 Å². The zero-order valence-electron chi connectivity index (χ0n) is 14.5. The van der Waals surface area contributed by atoms with Crippen molar-refractivity contribution in [3.8, 4) is 17.0 Å². The molecule has 5 rings (SSSR count). The second kappa shape index (κ2) is 6.43. The molecule has 2 aromatic carbocycles. The highest BCUT2D eigenvalue weighted by Crippen LogP contribution is 2.33. The van der Waals surface area contributed by atoms with Gasteiger partial charge in [-0.15, -0.1) is 0 Å². The summed E-state index contributed by atoms with van der Waals surface area (Å²) in [5, 5.41) is 4.91. The number of rotatable bonds is 2. The minimum Gasteiger partial charge on any atom is -0.480 e. The van der Waals surface area contributed by atoms with E-state index >= 15 is 0 Å². The van der Waals surface area contributed by atoms with Gasteiger partial charge in [-0.3, -0.25) is 4.79 Å². The second-order valence-corrected chi connectivity index (χ2v) is 7.30. The third kappa shape index (κ3) is 2.88. The maximum Gasteiger partial charge on any atom is 0.264 e. The number of halogens is 1. The van der Waals surface area contributed by atoms with Crippen molar-refractivity contribution in [2.75, 3.05) is 6.54 Å². The number of benzene rings is 2. The number of fused-ring (bicyclic) bond motifs is 2. The van der Waals surface area contributed by atoms with Crippen LogP contribution in [0.1, 0.15) is 16.9 Å². The first-order valence-electron chi connectivity index (χ1n) is 8.96. The van der Waals surface area contributed by atoms with E-state index in [1.165, 1.54) is 0 Å². The first kappa shape index (κ1) is 16.4. The van der Waals surface area contributed by atoms with Crippen LogP contribution in [0.4, 0.5) is 0 Å². The minimum atomic E-state index is -0.456. The minimum absolute atomic E-state index is 0.0140. The van der Waals surface area contributed by atoms with Gasteiger partial charge in [-0.25, -0.2) is 0 Å². The van der Waals surface area contributed by atoms with Gasteiger partial charge in [0.15, 0.2) is 6.10 Å². The number of ether oxygens (including phenoxy) is 1. The number of hydrogen-bond acceptors (Lipinski definition) is 4. The number of carbonyl (C=O) groups is 1. The molecule has 0 bridgehead atoms. The van der Waals surface area contributed by atoms with Gasteiger partial charge in [-0.1, -0.05) is 47.1 Å². The highest BCUT2D eigenvalue weighted by Gasteiger charge is 2.35. The Kier molecular flexibility index (Phi) is 3.90. The molecule has 0 spiro atoms. The molecule has 1 unspecified atom stereocenters. The lowest BCUT2D eigenvalue weighted by Crippen LogP contribution is -2.43. The molecule has 6 heteroatoms. The van der Waals surface area contributed by atoms with Gasteiger partial charge in [0.1, 0.15) is 17.2 Å². The summed E-state index contributed by atoms with van der Waals surface area (Å²) >= 11 is 5.98. The molecule has 0 N–H and O–H groups in total. The molecule has 2 aliphatic heterocycles. The quantitative estimate of drug-likeness (QED) is 0.677. The number of nitrogens with zero attached hydrogens (tertiary/aromatic N) is 2. The lowest BCUT2D eigenvalue weighted by Gasteiger charge is -2.28. The van der Waals surface area contributed by atoms with Gasteiger partial charge in [-0.2, -0.15) is 0 Å². The van der Waals surface area contributed by atoms with Crippen LogP contribution in [0.15, 0.2) is 53.1 Å². The molecule has 3 heterocycles. The van der Waals surface area contributed by atoms with Gasteiger partial charge >= 0.3 is 0 Å². The van der Waals surface area contributed by atoms with Gasteiger partial charge < -0.3 is 14.2 Å². The SMILES string of the molecule is O=C(C1Cc2ccccc2O1)N1CCc2onc(-c3ccc(Cl)cc3)c2C1. The summed E-state index contributed by atoms with van der Waals surface area (Å²) in [5.41, 5.74) is 3.76. The van der Waals surface area contributed by atoms with Crippen molar-refractivity contribution >= 4 is 17.5 Å². The van der Waals surface area contributed by atoms with Crippen molar-refractivity contribution < 1.29 is 14.1 Å². The standard InChI is InChI=1S/C21H17ClN2O3/c22-15-7-5-13(6-8-15)20-16-12-24(10-9-18(16)27-23-20)21(25)19-11-14-3-1-2-4-17(14)26-19/h1-8,19H,9-12H2. The molecular weight excluding hydrogens is 364 g/mol. The van der Waals surface area contributed by atoms with Crippen molar-refractivity contribution in [3.63, 3.8) is 0 Å². The lowest BCUT2D eigenvalue weighted by atomic mass is 10.0. The molecule has 1 aromatic heterocycles. The van der Waals surface area contributed by atoms with Crippen molar-refractivity contribution in [2.24, 2.45) is 0 Å². The zero-order chi connectivity index (χ0) is 18.4. The van der Waals surface area contributed by atoms with E-state index in [9.17, 15) is 4.79 Å². The smallest absolute Gasteiger partial charge is 0.264 e. The molecule has 0 saturated carbocycles. The molecule has 3 aromatic rings. The molecule has 0 radical (unpaired) electrons. The van der Waals surface area contributed by atoms with Crippen LogP contribution < -0.4 is 4.74 Å². The highest BCUT2D eigenvalue weighted by molar-refractivity contribution is 6.30.